The van der Waals surface area contributed by atoms with E-state index in [0.717, 1.165) is 26.1 Å². The molecule has 1 saturated heterocycles. The van der Waals surface area contributed by atoms with Crippen molar-refractivity contribution in [1.29, 1.82) is 0 Å². The summed E-state index contributed by atoms with van der Waals surface area (Å²) in [5.41, 5.74) is 2.15. The number of carbonyl (C=O) groups is 1. The van der Waals surface area contributed by atoms with Crippen LogP contribution in [0, 0.1) is 0 Å². The monoisotopic (exact) mass is 214 g/mol. The fraction of sp³-hybridized carbons (Fsp3) is 0.900. The molecular formula is C10H22N4O. The number of rotatable bonds is 5. The summed E-state index contributed by atoms with van der Waals surface area (Å²) in [5.74, 6) is 4.94. The quantitative estimate of drug-likeness (QED) is 0.326. The van der Waals surface area contributed by atoms with Crippen molar-refractivity contribution in [3.63, 3.8) is 0 Å². The molecule has 1 heterocycles. The maximum atomic E-state index is 10.9. The van der Waals surface area contributed by atoms with E-state index in [4.69, 9.17) is 5.84 Å². The molecule has 1 amide bonds. The van der Waals surface area contributed by atoms with Gasteiger partial charge in [0.2, 0.25) is 5.91 Å². The first-order valence-electron chi connectivity index (χ1n) is 5.64. The van der Waals surface area contributed by atoms with Crippen LogP contribution in [-0.2, 0) is 4.79 Å². The minimum absolute atomic E-state index is 0.0753. The third-order valence-electron chi connectivity index (χ3n) is 3.01. The van der Waals surface area contributed by atoms with E-state index in [-0.39, 0.29) is 5.91 Å². The lowest BCUT2D eigenvalue weighted by atomic mass is 10.1. The van der Waals surface area contributed by atoms with Crippen molar-refractivity contribution in [3.8, 4) is 0 Å². The van der Waals surface area contributed by atoms with Gasteiger partial charge in [0.25, 0.3) is 0 Å². The second-order valence-corrected chi connectivity index (χ2v) is 4.13. The lowest BCUT2D eigenvalue weighted by Crippen LogP contribution is -2.41. The van der Waals surface area contributed by atoms with Crippen LogP contribution in [-0.4, -0.2) is 43.5 Å². The third kappa shape index (κ3) is 4.59. The summed E-state index contributed by atoms with van der Waals surface area (Å²) in [6.07, 6.45) is 3.81. The van der Waals surface area contributed by atoms with Crippen LogP contribution in [0.15, 0.2) is 0 Å². The second kappa shape index (κ2) is 6.76. The van der Waals surface area contributed by atoms with Gasteiger partial charge in [0.15, 0.2) is 0 Å². The molecule has 0 bridgehead atoms. The largest absolute Gasteiger partial charge is 0.317 e. The number of amides is 1. The van der Waals surface area contributed by atoms with E-state index in [1.807, 2.05) is 0 Å². The molecule has 0 spiro atoms. The van der Waals surface area contributed by atoms with Crippen LogP contribution >= 0.6 is 0 Å². The molecule has 4 N–H and O–H groups in total. The first-order chi connectivity index (χ1) is 7.24. The number of hydrogen-bond donors (Lipinski definition) is 3. The van der Waals surface area contributed by atoms with Crippen LogP contribution < -0.4 is 16.6 Å². The molecule has 5 nitrogen and oxygen atoms in total. The molecule has 1 aliphatic heterocycles. The number of hydrogen-bond acceptors (Lipinski definition) is 4. The molecule has 1 fully saturated rings. The van der Waals surface area contributed by atoms with Gasteiger partial charge in [0.05, 0.1) is 0 Å². The number of piperidine rings is 1. The molecule has 1 rings (SSSR count). The third-order valence-corrected chi connectivity index (χ3v) is 3.01. The van der Waals surface area contributed by atoms with Gasteiger partial charge in [0, 0.05) is 12.5 Å². The van der Waals surface area contributed by atoms with E-state index in [9.17, 15) is 4.79 Å². The number of hydrazine groups is 1. The summed E-state index contributed by atoms with van der Waals surface area (Å²) >= 11 is 0. The summed E-state index contributed by atoms with van der Waals surface area (Å²) in [6.45, 7) is 3.19. The maximum absolute atomic E-state index is 10.9. The highest BCUT2D eigenvalue weighted by molar-refractivity contribution is 5.75. The Morgan fingerprint density at radius 3 is 2.80 bits per heavy atom. The van der Waals surface area contributed by atoms with Crippen molar-refractivity contribution < 1.29 is 4.79 Å². The maximum Gasteiger partial charge on any atom is 0.233 e. The minimum atomic E-state index is -0.0753. The highest BCUT2D eigenvalue weighted by atomic mass is 16.2. The SMILES string of the molecule is CN(CCCC(=O)NN)C1CCNCC1. The van der Waals surface area contributed by atoms with Gasteiger partial charge in [-0.05, 0) is 45.9 Å². The zero-order valence-corrected chi connectivity index (χ0v) is 9.46. The zero-order valence-electron chi connectivity index (χ0n) is 9.46. The Hall–Kier alpha value is -0.650. The lowest BCUT2D eigenvalue weighted by Gasteiger charge is -2.31. The van der Waals surface area contributed by atoms with Crippen molar-refractivity contribution >= 4 is 5.91 Å². The Bertz CT molecular complexity index is 192. The van der Waals surface area contributed by atoms with Crippen molar-refractivity contribution in [2.24, 2.45) is 5.84 Å². The summed E-state index contributed by atoms with van der Waals surface area (Å²) in [7, 11) is 2.14. The van der Waals surface area contributed by atoms with Crippen LogP contribution in [0.5, 0.6) is 0 Å². The highest BCUT2D eigenvalue weighted by Crippen LogP contribution is 2.10. The van der Waals surface area contributed by atoms with E-state index in [2.05, 4.69) is 22.7 Å². The lowest BCUT2D eigenvalue weighted by molar-refractivity contribution is -0.121. The summed E-state index contributed by atoms with van der Waals surface area (Å²) in [6, 6.07) is 0.673. The predicted octanol–water partition coefficient (Wildman–Crippen LogP) is -0.560. The molecule has 0 aromatic carbocycles. The summed E-state index contributed by atoms with van der Waals surface area (Å²) < 4.78 is 0. The van der Waals surface area contributed by atoms with Crippen LogP contribution in [0.4, 0.5) is 0 Å². The van der Waals surface area contributed by atoms with E-state index in [0.29, 0.717) is 12.5 Å². The first-order valence-corrected chi connectivity index (χ1v) is 5.64. The van der Waals surface area contributed by atoms with Crippen molar-refractivity contribution in [1.82, 2.24) is 15.6 Å². The van der Waals surface area contributed by atoms with Gasteiger partial charge in [0.1, 0.15) is 0 Å². The van der Waals surface area contributed by atoms with Crippen LogP contribution in [0.25, 0.3) is 0 Å². The highest BCUT2D eigenvalue weighted by Gasteiger charge is 2.17. The van der Waals surface area contributed by atoms with E-state index < -0.39 is 0 Å². The molecule has 88 valence electrons. The molecule has 5 heteroatoms. The number of nitrogens with one attached hydrogen (secondary N) is 2. The Balaban J connectivity index is 2.11. The molecule has 1 aliphatic rings. The average Bonchev–Trinajstić information content (AvgIpc) is 2.29. The second-order valence-electron chi connectivity index (χ2n) is 4.13. The smallest absolute Gasteiger partial charge is 0.233 e. The van der Waals surface area contributed by atoms with Crippen LogP contribution in [0.2, 0.25) is 0 Å². The molecular weight excluding hydrogens is 192 g/mol. The van der Waals surface area contributed by atoms with Crippen molar-refractivity contribution in [2.45, 2.75) is 31.7 Å². The number of nitrogens with zero attached hydrogens (tertiary/aromatic N) is 1. The van der Waals surface area contributed by atoms with Crippen molar-refractivity contribution in [2.75, 3.05) is 26.7 Å². The topological polar surface area (TPSA) is 70.4 Å². The Morgan fingerprint density at radius 1 is 1.53 bits per heavy atom. The molecule has 15 heavy (non-hydrogen) atoms. The van der Waals surface area contributed by atoms with Gasteiger partial charge in [-0.2, -0.15) is 0 Å². The number of nitrogens with two attached hydrogens (primary N) is 1. The Morgan fingerprint density at radius 2 is 2.20 bits per heavy atom. The van der Waals surface area contributed by atoms with E-state index in [1.165, 1.54) is 12.8 Å². The fourth-order valence-electron chi connectivity index (χ4n) is 1.99. The molecule has 0 radical (unpaired) electrons. The van der Waals surface area contributed by atoms with Crippen LogP contribution in [0.3, 0.4) is 0 Å². The summed E-state index contributed by atoms with van der Waals surface area (Å²) in [5, 5.41) is 3.35. The molecule has 0 unspecified atom stereocenters. The predicted molar refractivity (Wildman–Crippen MR) is 60.1 cm³/mol. The molecule has 0 saturated carbocycles. The Labute approximate surface area is 91.3 Å². The first kappa shape index (κ1) is 12.4. The summed E-state index contributed by atoms with van der Waals surface area (Å²) in [4.78, 5) is 13.3. The molecule has 0 aromatic rings. The molecule has 0 aliphatic carbocycles. The molecule has 0 aromatic heterocycles. The Kier molecular flexibility index (Phi) is 5.60. The number of carbonyl (C=O) groups excluding carboxylic acids is 1. The molecule has 0 atom stereocenters. The standard InChI is InChI=1S/C10H22N4O/c1-14(8-2-3-10(15)13-11)9-4-6-12-7-5-9/h9,12H,2-8,11H2,1H3,(H,13,15). The van der Waals surface area contributed by atoms with Gasteiger partial charge in [-0.3, -0.25) is 10.2 Å². The zero-order chi connectivity index (χ0) is 11.1. The van der Waals surface area contributed by atoms with E-state index in [1.54, 1.807) is 0 Å². The van der Waals surface area contributed by atoms with Gasteiger partial charge in [-0.1, -0.05) is 0 Å². The van der Waals surface area contributed by atoms with Gasteiger partial charge in [-0.15, -0.1) is 0 Å². The normalized spacial score (nSPS) is 18.1. The van der Waals surface area contributed by atoms with E-state index >= 15 is 0 Å². The fourth-order valence-corrected chi connectivity index (χ4v) is 1.99. The van der Waals surface area contributed by atoms with Crippen LogP contribution in [0.1, 0.15) is 25.7 Å². The van der Waals surface area contributed by atoms with Gasteiger partial charge < -0.3 is 10.2 Å². The van der Waals surface area contributed by atoms with Crippen molar-refractivity contribution in [3.05, 3.63) is 0 Å². The average molecular weight is 214 g/mol. The minimum Gasteiger partial charge on any atom is -0.317 e. The van der Waals surface area contributed by atoms with Gasteiger partial charge in [-0.25, -0.2) is 5.84 Å². The van der Waals surface area contributed by atoms with Gasteiger partial charge >= 0.3 is 0 Å².